The normalized spacial score (nSPS) is 10.7. The number of rotatable bonds is 4. The molecule has 102 valence electrons. The first-order valence-electron chi connectivity index (χ1n) is 5.68. The largest absolute Gasteiger partial charge is 0.478 e. The molecule has 1 N–H and O–H groups in total. The number of hydrogen-bond donors (Lipinski definition) is 1. The van der Waals surface area contributed by atoms with Gasteiger partial charge < -0.3 is 9.84 Å². The minimum atomic E-state index is -1.10. The molecule has 0 heterocycles. The molecule has 0 atom stereocenters. The lowest BCUT2D eigenvalue weighted by Gasteiger charge is -2.09. The first-order chi connectivity index (χ1) is 9.54. The van der Waals surface area contributed by atoms with Gasteiger partial charge in [0.25, 0.3) is 0 Å². The lowest BCUT2D eigenvalue weighted by atomic mass is 10.2. The van der Waals surface area contributed by atoms with Crippen LogP contribution in [-0.2, 0) is 4.79 Å². The summed E-state index contributed by atoms with van der Waals surface area (Å²) in [5.41, 5.74) is 0.367. The van der Waals surface area contributed by atoms with Crippen molar-refractivity contribution in [1.29, 1.82) is 0 Å². The first-order valence-corrected chi connectivity index (χ1v) is 6.76. The minimum absolute atomic E-state index is 0.367. The topological polar surface area (TPSA) is 46.5 Å². The smallest absolute Gasteiger partial charge is 0.328 e. The van der Waals surface area contributed by atoms with E-state index in [1.165, 1.54) is 24.3 Å². The zero-order valence-corrected chi connectivity index (χ0v) is 12.4. The Labute approximate surface area is 128 Å². The molecular weight excluding hydrogens is 374 g/mol. The Hall–Kier alpha value is -1.89. The van der Waals surface area contributed by atoms with Crippen LogP contribution in [0.5, 0.6) is 11.5 Å². The summed E-state index contributed by atoms with van der Waals surface area (Å²) in [5.74, 6) is -0.563. The molecule has 2 rings (SSSR count). The van der Waals surface area contributed by atoms with E-state index >= 15 is 0 Å². The lowest BCUT2D eigenvalue weighted by Crippen LogP contribution is -1.91. The molecule has 0 saturated heterocycles. The molecule has 0 aliphatic rings. The fourth-order valence-corrected chi connectivity index (χ4v) is 1.89. The van der Waals surface area contributed by atoms with Crippen LogP contribution < -0.4 is 4.74 Å². The molecule has 20 heavy (non-hydrogen) atoms. The highest BCUT2D eigenvalue weighted by molar-refractivity contribution is 14.1. The lowest BCUT2D eigenvalue weighted by molar-refractivity contribution is -0.131. The predicted octanol–water partition coefficient (Wildman–Crippen LogP) is 4.32. The van der Waals surface area contributed by atoms with E-state index in [2.05, 4.69) is 22.6 Å². The van der Waals surface area contributed by atoms with Gasteiger partial charge in [0, 0.05) is 15.2 Å². The minimum Gasteiger partial charge on any atom is -0.478 e. The number of carboxylic acids is 1. The molecule has 3 nitrogen and oxygen atoms in total. The Bertz CT molecular complexity index is 651. The van der Waals surface area contributed by atoms with Crippen molar-refractivity contribution in [2.24, 2.45) is 0 Å². The Morgan fingerprint density at radius 2 is 1.90 bits per heavy atom. The Kier molecular flexibility index (Phi) is 4.73. The molecule has 2 aromatic carbocycles. The zero-order chi connectivity index (χ0) is 14.5. The molecule has 0 fully saturated rings. The standard InChI is InChI=1S/C15H10FIO3/c16-11-2-7-14(10(9-11)1-8-15(18)19)20-13-5-3-12(17)4-6-13/h1-9H,(H,18,19)/b8-1+. The van der Waals surface area contributed by atoms with Crippen molar-refractivity contribution in [2.45, 2.75) is 0 Å². The number of benzene rings is 2. The molecule has 0 unspecified atom stereocenters. The molecule has 0 spiro atoms. The van der Waals surface area contributed by atoms with Gasteiger partial charge in [0.05, 0.1) is 0 Å². The van der Waals surface area contributed by atoms with Crippen molar-refractivity contribution < 1.29 is 19.0 Å². The maximum absolute atomic E-state index is 13.2. The second-order valence-corrected chi connectivity index (χ2v) is 5.16. The van der Waals surface area contributed by atoms with Crippen LogP contribution in [0.2, 0.25) is 0 Å². The first kappa shape index (κ1) is 14.5. The summed E-state index contributed by atoms with van der Waals surface area (Å²) in [5, 5.41) is 8.63. The van der Waals surface area contributed by atoms with E-state index in [0.717, 1.165) is 9.65 Å². The van der Waals surface area contributed by atoms with E-state index in [1.807, 2.05) is 12.1 Å². The third-order valence-corrected chi connectivity index (χ3v) is 3.14. The van der Waals surface area contributed by atoms with Gasteiger partial charge in [0.2, 0.25) is 0 Å². The van der Waals surface area contributed by atoms with Crippen molar-refractivity contribution in [3.05, 3.63) is 63.5 Å². The second-order valence-electron chi connectivity index (χ2n) is 3.91. The summed E-state index contributed by atoms with van der Waals surface area (Å²) in [4.78, 5) is 10.5. The van der Waals surface area contributed by atoms with Crippen molar-refractivity contribution in [1.82, 2.24) is 0 Å². The van der Waals surface area contributed by atoms with Gasteiger partial charge in [0.15, 0.2) is 0 Å². The van der Waals surface area contributed by atoms with Crippen LogP contribution in [0.15, 0.2) is 48.5 Å². The fourth-order valence-electron chi connectivity index (χ4n) is 1.53. The molecule has 0 amide bonds. The van der Waals surface area contributed by atoms with E-state index in [9.17, 15) is 9.18 Å². The maximum Gasteiger partial charge on any atom is 0.328 e. The van der Waals surface area contributed by atoms with Gasteiger partial charge in [-0.15, -0.1) is 0 Å². The van der Waals surface area contributed by atoms with Crippen LogP contribution in [0, 0.1) is 9.39 Å². The van der Waals surface area contributed by atoms with E-state index in [0.29, 0.717) is 17.1 Å². The number of carbonyl (C=O) groups is 1. The van der Waals surface area contributed by atoms with E-state index in [1.54, 1.807) is 12.1 Å². The molecule has 0 bridgehead atoms. The summed E-state index contributed by atoms with van der Waals surface area (Å²) in [6.07, 6.45) is 2.24. The summed E-state index contributed by atoms with van der Waals surface area (Å²) in [6.45, 7) is 0. The number of halogens is 2. The van der Waals surface area contributed by atoms with Gasteiger partial charge in [-0.05, 0) is 71.1 Å². The predicted molar refractivity (Wildman–Crippen MR) is 82.3 cm³/mol. The highest BCUT2D eigenvalue weighted by atomic mass is 127. The van der Waals surface area contributed by atoms with Crippen LogP contribution >= 0.6 is 22.6 Å². The average molecular weight is 384 g/mol. The summed E-state index contributed by atoms with van der Waals surface area (Å²) in [6, 6.07) is 11.3. The third kappa shape index (κ3) is 4.06. The highest BCUT2D eigenvalue weighted by Crippen LogP contribution is 2.27. The van der Waals surface area contributed by atoms with Gasteiger partial charge in [-0.3, -0.25) is 0 Å². The van der Waals surface area contributed by atoms with E-state index < -0.39 is 11.8 Å². The van der Waals surface area contributed by atoms with Crippen LogP contribution in [0.1, 0.15) is 5.56 Å². The van der Waals surface area contributed by atoms with Crippen molar-refractivity contribution >= 4 is 34.6 Å². The Morgan fingerprint density at radius 3 is 2.55 bits per heavy atom. The molecular formula is C15H10FIO3. The van der Waals surface area contributed by atoms with Crippen LogP contribution in [0.25, 0.3) is 6.08 Å². The number of hydrogen-bond acceptors (Lipinski definition) is 2. The number of aliphatic carboxylic acids is 1. The monoisotopic (exact) mass is 384 g/mol. The molecule has 5 heteroatoms. The van der Waals surface area contributed by atoms with Crippen LogP contribution in [0.4, 0.5) is 4.39 Å². The van der Waals surface area contributed by atoms with Crippen molar-refractivity contribution in [3.63, 3.8) is 0 Å². The molecule has 0 saturated carbocycles. The number of carboxylic acid groups (broad SMARTS) is 1. The summed E-state index contributed by atoms with van der Waals surface area (Å²) < 4.78 is 19.9. The third-order valence-electron chi connectivity index (χ3n) is 2.42. The summed E-state index contributed by atoms with van der Waals surface area (Å²) in [7, 11) is 0. The molecule has 2 aromatic rings. The molecule has 0 aromatic heterocycles. The fraction of sp³-hybridized carbons (Fsp3) is 0. The van der Waals surface area contributed by atoms with E-state index in [4.69, 9.17) is 9.84 Å². The number of ether oxygens (including phenoxy) is 1. The molecule has 0 aliphatic carbocycles. The second kappa shape index (κ2) is 6.51. The average Bonchev–Trinajstić information content (AvgIpc) is 2.41. The van der Waals surface area contributed by atoms with Crippen LogP contribution in [-0.4, -0.2) is 11.1 Å². The highest BCUT2D eigenvalue weighted by Gasteiger charge is 2.05. The van der Waals surface area contributed by atoms with Gasteiger partial charge in [-0.1, -0.05) is 0 Å². The Balaban J connectivity index is 2.30. The van der Waals surface area contributed by atoms with Gasteiger partial charge in [-0.25, -0.2) is 9.18 Å². The zero-order valence-electron chi connectivity index (χ0n) is 10.2. The van der Waals surface area contributed by atoms with Gasteiger partial charge in [0.1, 0.15) is 17.3 Å². The Morgan fingerprint density at radius 1 is 1.20 bits per heavy atom. The quantitative estimate of drug-likeness (QED) is 0.631. The maximum atomic E-state index is 13.2. The van der Waals surface area contributed by atoms with Gasteiger partial charge >= 0.3 is 5.97 Å². The van der Waals surface area contributed by atoms with Crippen molar-refractivity contribution in [3.8, 4) is 11.5 Å². The molecule has 0 radical (unpaired) electrons. The van der Waals surface area contributed by atoms with Crippen LogP contribution in [0.3, 0.4) is 0 Å². The SMILES string of the molecule is O=C(O)/C=C/c1cc(F)ccc1Oc1ccc(I)cc1. The van der Waals surface area contributed by atoms with Crippen molar-refractivity contribution in [2.75, 3.05) is 0 Å². The molecule has 0 aliphatic heterocycles. The van der Waals surface area contributed by atoms with E-state index in [-0.39, 0.29) is 0 Å². The summed E-state index contributed by atoms with van der Waals surface area (Å²) >= 11 is 2.18. The van der Waals surface area contributed by atoms with Gasteiger partial charge in [-0.2, -0.15) is 0 Å².